The number of thiazole rings is 1. The number of anilines is 1. The highest BCUT2D eigenvalue weighted by atomic mass is 32.1. The topological polar surface area (TPSA) is 66.9 Å². The molecule has 0 aromatic carbocycles. The molecule has 2 rings (SSSR count). The van der Waals surface area contributed by atoms with Crippen molar-refractivity contribution in [3.05, 3.63) is 40.2 Å². The lowest BCUT2D eigenvalue weighted by Gasteiger charge is -2.12. The minimum absolute atomic E-state index is 0.0391. The van der Waals surface area contributed by atoms with Gasteiger partial charge in [0, 0.05) is 24.8 Å². The Bertz CT molecular complexity index is 573. The van der Waals surface area contributed by atoms with Crippen LogP contribution in [0.1, 0.15) is 28.3 Å². The van der Waals surface area contributed by atoms with E-state index in [-0.39, 0.29) is 17.4 Å². The first-order valence-electron chi connectivity index (χ1n) is 5.66. The average Bonchev–Trinajstić information content (AvgIpc) is 2.92. The number of aromatic nitrogens is 2. The van der Waals surface area contributed by atoms with Crippen LogP contribution in [0.2, 0.25) is 0 Å². The van der Waals surface area contributed by atoms with Gasteiger partial charge in [0.2, 0.25) is 0 Å². The first kappa shape index (κ1) is 13.4. The van der Waals surface area contributed by atoms with Crippen molar-refractivity contribution in [2.24, 2.45) is 0 Å². The number of hydrogen-bond acceptors (Lipinski definition) is 5. The first-order chi connectivity index (χ1) is 9.13. The Morgan fingerprint density at radius 1 is 1.42 bits per heavy atom. The molecule has 0 aliphatic carbocycles. The van der Waals surface area contributed by atoms with E-state index in [1.165, 1.54) is 23.6 Å². The van der Waals surface area contributed by atoms with Crippen molar-refractivity contribution in [1.82, 2.24) is 15.3 Å². The Kier molecular flexibility index (Phi) is 4.06. The molecule has 0 spiro atoms. The summed E-state index contributed by atoms with van der Waals surface area (Å²) in [6.45, 7) is 1.80. The maximum absolute atomic E-state index is 13.9. The van der Waals surface area contributed by atoms with Gasteiger partial charge in [0.05, 0.1) is 11.6 Å². The number of nitrogens with zero attached hydrogens (tertiary/aromatic N) is 2. The highest BCUT2D eigenvalue weighted by Crippen LogP contribution is 2.18. The van der Waals surface area contributed by atoms with Gasteiger partial charge in [-0.25, -0.2) is 14.4 Å². The van der Waals surface area contributed by atoms with Gasteiger partial charge in [0.15, 0.2) is 11.6 Å². The van der Waals surface area contributed by atoms with Crippen molar-refractivity contribution in [1.29, 1.82) is 0 Å². The summed E-state index contributed by atoms with van der Waals surface area (Å²) in [6.07, 6.45) is 3.05. The van der Waals surface area contributed by atoms with E-state index in [1.54, 1.807) is 20.2 Å². The molecule has 2 aromatic rings. The van der Waals surface area contributed by atoms with Crippen LogP contribution in [0.15, 0.2) is 23.8 Å². The molecule has 0 fully saturated rings. The molecular weight excluding hydrogens is 267 g/mol. The zero-order chi connectivity index (χ0) is 13.8. The SMILES string of the molecule is CNc1nccc(C(=O)NC(C)c2nccs2)c1F. The molecular formula is C12H13FN4OS. The zero-order valence-electron chi connectivity index (χ0n) is 10.5. The number of nitrogens with one attached hydrogen (secondary N) is 2. The fourth-order valence-electron chi connectivity index (χ4n) is 1.58. The number of carbonyl (C=O) groups excluding carboxylic acids is 1. The van der Waals surface area contributed by atoms with E-state index in [0.717, 1.165) is 5.01 Å². The molecule has 0 aliphatic heterocycles. The molecule has 1 unspecified atom stereocenters. The Morgan fingerprint density at radius 2 is 2.21 bits per heavy atom. The maximum atomic E-state index is 13.9. The summed E-state index contributed by atoms with van der Waals surface area (Å²) in [5.74, 6) is -1.09. The molecule has 2 heterocycles. The van der Waals surface area contributed by atoms with Crippen LogP contribution in [-0.4, -0.2) is 22.9 Å². The van der Waals surface area contributed by atoms with Crippen LogP contribution < -0.4 is 10.6 Å². The molecule has 0 aliphatic rings. The van der Waals surface area contributed by atoms with Gasteiger partial charge in [0.25, 0.3) is 5.91 Å². The smallest absolute Gasteiger partial charge is 0.255 e. The second-order valence-electron chi connectivity index (χ2n) is 3.84. The van der Waals surface area contributed by atoms with Crippen molar-refractivity contribution >= 4 is 23.1 Å². The molecule has 2 N–H and O–H groups in total. The number of halogens is 1. The van der Waals surface area contributed by atoms with Crippen LogP contribution in [0.4, 0.5) is 10.2 Å². The fourth-order valence-corrected chi connectivity index (χ4v) is 2.22. The highest BCUT2D eigenvalue weighted by molar-refractivity contribution is 7.09. The van der Waals surface area contributed by atoms with Gasteiger partial charge in [-0.2, -0.15) is 0 Å². The Labute approximate surface area is 113 Å². The molecule has 2 aromatic heterocycles. The zero-order valence-corrected chi connectivity index (χ0v) is 11.3. The first-order valence-corrected chi connectivity index (χ1v) is 6.54. The van der Waals surface area contributed by atoms with Gasteiger partial charge in [0.1, 0.15) is 5.01 Å². The van der Waals surface area contributed by atoms with Crippen LogP contribution in [0.25, 0.3) is 0 Å². The lowest BCUT2D eigenvalue weighted by Crippen LogP contribution is -2.27. The van der Waals surface area contributed by atoms with Gasteiger partial charge in [-0.15, -0.1) is 11.3 Å². The van der Waals surface area contributed by atoms with Gasteiger partial charge >= 0.3 is 0 Å². The molecule has 0 saturated heterocycles. The highest BCUT2D eigenvalue weighted by Gasteiger charge is 2.18. The number of hydrogen-bond donors (Lipinski definition) is 2. The molecule has 1 amide bonds. The number of rotatable bonds is 4. The second-order valence-corrected chi connectivity index (χ2v) is 4.76. The predicted molar refractivity (Wildman–Crippen MR) is 71.7 cm³/mol. The molecule has 0 bridgehead atoms. The average molecular weight is 280 g/mol. The van der Waals surface area contributed by atoms with E-state index < -0.39 is 11.7 Å². The summed E-state index contributed by atoms with van der Waals surface area (Å²) in [5, 5.41) is 7.90. The summed E-state index contributed by atoms with van der Waals surface area (Å²) in [5.41, 5.74) is -0.0391. The Balaban J connectivity index is 2.16. The molecule has 0 saturated carbocycles. The third-order valence-corrected chi connectivity index (χ3v) is 3.50. The third-order valence-electron chi connectivity index (χ3n) is 2.54. The van der Waals surface area contributed by atoms with Crippen LogP contribution >= 0.6 is 11.3 Å². The lowest BCUT2D eigenvalue weighted by molar-refractivity contribution is 0.0935. The summed E-state index contributed by atoms with van der Waals surface area (Å²) < 4.78 is 13.9. The van der Waals surface area contributed by atoms with Gasteiger partial charge in [-0.05, 0) is 13.0 Å². The fraction of sp³-hybridized carbons (Fsp3) is 0.250. The summed E-state index contributed by atoms with van der Waals surface area (Å²) in [7, 11) is 1.55. The second kappa shape index (κ2) is 5.75. The summed E-state index contributed by atoms with van der Waals surface area (Å²) >= 11 is 1.44. The Morgan fingerprint density at radius 3 is 2.84 bits per heavy atom. The van der Waals surface area contributed by atoms with Gasteiger partial charge in [-0.3, -0.25) is 4.79 Å². The minimum Gasteiger partial charge on any atom is -0.371 e. The molecule has 100 valence electrons. The van der Waals surface area contributed by atoms with Crippen LogP contribution in [-0.2, 0) is 0 Å². The van der Waals surface area contributed by atoms with Gasteiger partial charge < -0.3 is 10.6 Å². The predicted octanol–water partition coefficient (Wildman–Crippen LogP) is 2.21. The summed E-state index contributed by atoms with van der Waals surface area (Å²) in [6, 6.07) is 1.08. The van der Waals surface area contributed by atoms with Gasteiger partial charge in [-0.1, -0.05) is 0 Å². The normalized spacial score (nSPS) is 11.9. The molecule has 1 atom stereocenters. The molecule has 19 heavy (non-hydrogen) atoms. The van der Waals surface area contributed by atoms with E-state index in [1.807, 2.05) is 5.38 Å². The maximum Gasteiger partial charge on any atom is 0.255 e. The van der Waals surface area contributed by atoms with Crippen LogP contribution in [0.3, 0.4) is 0 Å². The molecule has 0 radical (unpaired) electrons. The van der Waals surface area contributed by atoms with E-state index in [4.69, 9.17) is 0 Å². The largest absolute Gasteiger partial charge is 0.371 e. The van der Waals surface area contributed by atoms with Crippen molar-refractivity contribution in [2.75, 3.05) is 12.4 Å². The van der Waals surface area contributed by atoms with Crippen LogP contribution in [0.5, 0.6) is 0 Å². The summed E-state index contributed by atoms with van der Waals surface area (Å²) in [4.78, 5) is 19.9. The molecule has 5 nitrogen and oxygen atoms in total. The van der Waals surface area contributed by atoms with Crippen LogP contribution in [0, 0.1) is 5.82 Å². The third kappa shape index (κ3) is 2.87. The monoisotopic (exact) mass is 280 g/mol. The van der Waals surface area contributed by atoms with Crippen molar-refractivity contribution < 1.29 is 9.18 Å². The van der Waals surface area contributed by atoms with E-state index in [2.05, 4.69) is 20.6 Å². The number of amides is 1. The standard InChI is InChI=1S/C12H13FN4OS/c1-7(12-16-5-6-19-12)17-11(18)8-3-4-15-10(14-2)9(8)13/h3-7H,1-2H3,(H,14,15)(H,17,18). The van der Waals surface area contributed by atoms with E-state index in [9.17, 15) is 9.18 Å². The number of pyridine rings is 1. The van der Waals surface area contributed by atoms with Crippen molar-refractivity contribution in [2.45, 2.75) is 13.0 Å². The minimum atomic E-state index is -0.658. The van der Waals surface area contributed by atoms with Crippen molar-refractivity contribution in [3.63, 3.8) is 0 Å². The lowest BCUT2D eigenvalue weighted by atomic mass is 10.2. The molecule has 7 heteroatoms. The van der Waals surface area contributed by atoms with E-state index >= 15 is 0 Å². The number of carbonyl (C=O) groups is 1. The van der Waals surface area contributed by atoms with Crippen molar-refractivity contribution in [3.8, 4) is 0 Å². The van der Waals surface area contributed by atoms with E-state index in [0.29, 0.717) is 0 Å². The Hall–Kier alpha value is -2.02. The quantitative estimate of drug-likeness (QED) is 0.901.